The van der Waals surface area contributed by atoms with Crippen LogP contribution in [0.5, 0.6) is 0 Å². The number of hydrogen-bond acceptors (Lipinski definition) is 3. The van der Waals surface area contributed by atoms with E-state index >= 15 is 0 Å². The number of halogens is 1. The van der Waals surface area contributed by atoms with Crippen molar-refractivity contribution in [3.05, 3.63) is 64.7 Å². The molecule has 0 spiro atoms. The molecule has 2 aromatic rings. The minimum atomic E-state index is -0.196. The zero-order valence-electron chi connectivity index (χ0n) is 13.6. The maximum atomic E-state index is 12.1. The minimum Gasteiger partial charge on any atom is -0.355 e. The van der Waals surface area contributed by atoms with Crippen molar-refractivity contribution in [2.24, 2.45) is 0 Å². The van der Waals surface area contributed by atoms with Gasteiger partial charge in [0.1, 0.15) is 0 Å². The Hall–Kier alpha value is -2.37. The average Bonchev–Trinajstić information content (AvgIpc) is 2.59. The van der Waals surface area contributed by atoms with Gasteiger partial charge in [-0.15, -0.1) is 0 Å². The largest absolute Gasteiger partial charge is 0.355 e. The summed E-state index contributed by atoms with van der Waals surface area (Å²) in [6.45, 7) is 2.11. The van der Waals surface area contributed by atoms with Gasteiger partial charge in [-0.3, -0.25) is 9.59 Å². The Bertz CT molecular complexity index is 734. The van der Waals surface area contributed by atoms with Crippen LogP contribution in [0.25, 0.3) is 0 Å². The molecule has 0 saturated heterocycles. The molecule has 2 aromatic carbocycles. The lowest BCUT2D eigenvalue weighted by molar-refractivity contribution is -0.115. The third-order valence-corrected chi connectivity index (χ3v) is 3.79. The monoisotopic (exact) mass is 345 g/mol. The van der Waals surface area contributed by atoms with Crippen LogP contribution in [-0.4, -0.2) is 25.4 Å². The van der Waals surface area contributed by atoms with E-state index in [4.69, 9.17) is 11.6 Å². The standard InChI is InChI=1S/C18H20ClN3O2/c1-12(13-5-3-7-15(19)9-13)21-11-17(23)22-16-8-4-6-14(10-16)18(24)20-2/h3-10,12,21H,11H2,1-2H3,(H,20,24)(H,22,23)/t12-/m1/s1. The van der Waals surface area contributed by atoms with Crippen molar-refractivity contribution in [2.45, 2.75) is 13.0 Å². The summed E-state index contributed by atoms with van der Waals surface area (Å²) in [5.41, 5.74) is 2.09. The van der Waals surface area contributed by atoms with Crippen LogP contribution >= 0.6 is 11.6 Å². The van der Waals surface area contributed by atoms with Crippen molar-refractivity contribution in [1.82, 2.24) is 10.6 Å². The maximum absolute atomic E-state index is 12.1. The van der Waals surface area contributed by atoms with Gasteiger partial charge in [-0.05, 0) is 42.8 Å². The predicted molar refractivity (Wildman–Crippen MR) is 96.3 cm³/mol. The summed E-state index contributed by atoms with van der Waals surface area (Å²) in [6, 6.07) is 14.3. The van der Waals surface area contributed by atoms with Crippen LogP contribution in [0.3, 0.4) is 0 Å². The summed E-state index contributed by atoms with van der Waals surface area (Å²) in [5, 5.41) is 9.13. The summed E-state index contributed by atoms with van der Waals surface area (Å²) in [5.74, 6) is -0.378. The number of amides is 2. The Morgan fingerprint density at radius 2 is 1.88 bits per heavy atom. The van der Waals surface area contributed by atoms with Gasteiger partial charge in [0.25, 0.3) is 5.91 Å². The van der Waals surface area contributed by atoms with Gasteiger partial charge < -0.3 is 16.0 Å². The number of anilines is 1. The molecule has 24 heavy (non-hydrogen) atoms. The molecule has 0 aliphatic rings. The minimum absolute atomic E-state index is 0.00773. The highest BCUT2D eigenvalue weighted by Gasteiger charge is 2.09. The topological polar surface area (TPSA) is 70.2 Å². The third kappa shape index (κ3) is 5.08. The van der Waals surface area contributed by atoms with Crippen molar-refractivity contribution in [2.75, 3.05) is 18.9 Å². The predicted octanol–water partition coefficient (Wildman–Crippen LogP) is 2.99. The summed E-state index contributed by atoms with van der Waals surface area (Å²) in [4.78, 5) is 23.7. The zero-order chi connectivity index (χ0) is 17.5. The lowest BCUT2D eigenvalue weighted by Gasteiger charge is -2.14. The number of rotatable bonds is 6. The number of benzene rings is 2. The fourth-order valence-corrected chi connectivity index (χ4v) is 2.43. The van der Waals surface area contributed by atoms with Crippen LogP contribution in [0.4, 0.5) is 5.69 Å². The van der Waals surface area contributed by atoms with E-state index in [-0.39, 0.29) is 24.4 Å². The lowest BCUT2D eigenvalue weighted by Crippen LogP contribution is -2.30. The highest BCUT2D eigenvalue weighted by atomic mass is 35.5. The Morgan fingerprint density at radius 1 is 1.12 bits per heavy atom. The van der Waals surface area contributed by atoms with E-state index in [9.17, 15) is 9.59 Å². The van der Waals surface area contributed by atoms with Gasteiger partial charge in [0.2, 0.25) is 5.91 Å². The molecule has 0 aliphatic heterocycles. The Kier molecular flexibility index (Phi) is 6.35. The van der Waals surface area contributed by atoms with E-state index in [0.717, 1.165) is 5.56 Å². The fraction of sp³-hybridized carbons (Fsp3) is 0.222. The molecule has 2 rings (SSSR count). The van der Waals surface area contributed by atoms with E-state index in [1.807, 2.05) is 31.2 Å². The smallest absolute Gasteiger partial charge is 0.251 e. The SMILES string of the molecule is CNC(=O)c1cccc(NC(=O)CN[C@H](C)c2cccc(Cl)c2)c1. The molecule has 0 bridgehead atoms. The molecule has 0 radical (unpaired) electrons. The average molecular weight is 346 g/mol. The van der Waals surface area contributed by atoms with Crippen molar-refractivity contribution in [1.29, 1.82) is 0 Å². The fourth-order valence-electron chi connectivity index (χ4n) is 2.23. The first-order chi connectivity index (χ1) is 11.5. The van der Waals surface area contributed by atoms with Crippen LogP contribution in [-0.2, 0) is 4.79 Å². The number of nitrogens with one attached hydrogen (secondary N) is 3. The second kappa shape index (κ2) is 8.47. The first kappa shape index (κ1) is 18.0. The normalized spacial score (nSPS) is 11.6. The zero-order valence-corrected chi connectivity index (χ0v) is 14.4. The lowest BCUT2D eigenvalue weighted by atomic mass is 10.1. The molecule has 1 atom stereocenters. The maximum Gasteiger partial charge on any atom is 0.251 e. The van der Waals surface area contributed by atoms with E-state index in [0.29, 0.717) is 16.3 Å². The van der Waals surface area contributed by atoms with Crippen LogP contribution < -0.4 is 16.0 Å². The van der Waals surface area contributed by atoms with Gasteiger partial charge in [0, 0.05) is 29.4 Å². The molecule has 0 heterocycles. The number of carbonyl (C=O) groups is 2. The molecule has 6 heteroatoms. The highest BCUT2D eigenvalue weighted by Crippen LogP contribution is 2.17. The summed E-state index contributed by atoms with van der Waals surface area (Å²) in [7, 11) is 1.56. The van der Waals surface area contributed by atoms with Gasteiger partial charge in [-0.2, -0.15) is 0 Å². The molecule has 0 aromatic heterocycles. The summed E-state index contributed by atoms with van der Waals surface area (Å²) >= 11 is 5.97. The van der Waals surface area contributed by atoms with Gasteiger partial charge in [-0.25, -0.2) is 0 Å². The Balaban J connectivity index is 1.90. The van der Waals surface area contributed by atoms with Crippen LogP contribution in [0, 0.1) is 0 Å². The Morgan fingerprint density at radius 3 is 2.58 bits per heavy atom. The number of carbonyl (C=O) groups excluding carboxylic acids is 2. The molecule has 0 aliphatic carbocycles. The molecule has 5 nitrogen and oxygen atoms in total. The summed E-state index contributed by atoms with van der Waals surface area (Å²) in [6.07, 6.45) is 0. The highest BCUT2D eigenvalue weighted by molar-refractivity contribution is 6.30. The van der Waals surface area contributed by atoms with Crippen molar-refractivity contribution >= 4 is 29.1 Å². The molecule has 0 unspecified atom stereocenters. The van der Waals surface area contributed by atoms with Crippen molar-refractivity contribution in [3.63, 3.8) is 0 Å². The molecule has 0 fully saturated rings. The quantitative estimate of drug-likeness (QED) is 0.753. The molecular weight excluding hydrogens is 326 g/mol. The van der Waals surface area contributed by atoms with E-state index in [1.54, 1.807) is 31.3 Å². The number of hydrogen-bond donors (Lipinski definition) is 3. The van der Waals surface area contributed by atoms with Crippen LogP contribution in [0.2, 0.25) is 5.02 Å². The van der Waals surface area contributed by atoms with Gasteiger partial charge in [0.05, 0.1) is 6.54 Å². The Labute approximate surface area is 146 Å². The van der Waals surface area contributed by atoms with Crippen molar-refractivity contribution in [3.8, 4) is 0 Å². The molecule has 2 amide bonds. The van der Waals surface area contributed by atoms with Crippen molar-refractivity contribution < 1.29 is 9.59 Å². The molecule has 3 N–H and O–H groups in total. The van der Waals surface area contributed by atoms with E-state index < -0.39 is 0 Å². The molecule has 126 valence electrons. The first-order valence-corrected chi connectivity index (χ1v) is 7.98. The van der Waals surface area contributed by atoms with Gasteiger partial charge in [-0.1, -0.05) is 29.8 Å². The first-order valence-electron chi connectivity index (χ1n) is 7.60. The third-order valence-electron chi connectivity index (χ3n) is 3.55. The molecule has 0 saturated carbocycles. The summed E-state index contributed by atoms with van der Waals surface area (Å²) < 4.78 is 0. The van der Waals surface area contributed by atoms with E-state index in [2.05, 4.69) is 16.0 Å². The van der Waals surface area contributed by atoms with Gasteiger partial charge >= 0.3 is 0 Å². The second-order valence-electron chi connectivity index (χ2n) is 5.37. The van der Waals surface area contributed by atoms with Gasteiger partial charge in [0.15, 0.2) is 0 Å². The van der Waals surface area contributed by atoms with Crippen LogP contribution in [0.1, 0.15) is 28.9 Å². The van der Waals surface area contributed by atoms with Crippen LogP contribution in [0.15, 0.2) is 48.5 Å². The second-order valence-corrected chi connectivity index (χ2v) is 5.80. The molecular formula is C18H20ClN3O2. The van der Waals surface area contributed by atoms with E-state index in [1.165, 1.54) is 0 Å².